The van der Waals surface area contributed by atoms with Gasteiger partial charge in [-0.1, -0.05) is 0 Å². The molecule has 3 saturated heterocycles. The molecular weight excluding hydrogens is 598 g/mol. The molecule has 12 nitrogen and oxygen atoms in total. The highest BCUT2D eigenvalue weighted by Crippen LogP contribution is 2.41. The molecule has 8 rings (SSSR count). The average molecular weight is 638 g/mol. The second-order valence-electron chi connectivity index (χ2n) is 12.9. The van der Waals surface area contributed by atoms with Gasteiger partial charge >= 0.3 is 0 Å². The molecule has 1 saturated carbocycles. The molecule has 3 aliphatic heterocycles. The van der Waals surface area contributed by atoms with Crippen LogP contribution in [0.15, 0.2) is 55.1 Å². The Morgan fingerprint density at radius 1 is 0.979 bits per heavy atom. The number of pyridine rings is 3. The molecule has 4 fully saturated rings. The van der Waals surface area contributed by atoms with Crippen molar-refractivity contribution in [1.82, 2.24) is 24.5 Å². The van der Waals surface area contributed by atoms with Crippen LogP contribution in [-0.4, -0.2) is 96.0 Å². The van der Waals surface area contributed by atoms with Crippen LogP contribution in [0.2, 0.25) is 0 Å². The summed E-state index contributed by atoms with van der Waals surface area (Å²) < 4.78 is 31.1. The van der Waals surface area contributed by atoms with Crippen LogP contribution < -0.4 is 19.1 Å². The van der Waals surface area contributed by atoms with Crippen LogP contribution >= 0.6 is 0 Å². The number of likely N-dealkylation sites (tertiary alicyclic amines) is 1. The summed E-state index contributed by atoms with van der Waals surface area (Å²) in [5.41, 5.74) is 3.06. The Labute approximate surface area is 273 Å². The monoisotopic (exact) mass is 637 g/mol. The summed E-state index contributed by atoms with van der Waals surface area (Å²) in [7, 11) is 1.61. The van der Waals surface area contributed by atoms with Crippen LogP contribution in [0.5, 0.6) is 17.4 Å². The Balaban J connectivity index is 0.910. The Bertz CT molecular complexity index is 1730. The maximum atomic E-state index is 9.82. The summed E-state index contributed by atoms with van der Waals surface area (Å²) in [5, 5.41) is 14.3. The van der Waals surface area contributed by atoms with Gasteiger partial charge in [-0.05, 0) is 48.9 Å². The van der Waals surface area contributed by atoms with Crippen LogP contribution in [0.4, 0.5) is 5.82 Å². The van der Waals surface area contributed by atoms with E-state index in [9.17, 15) is 5.26 Å². The van der Waals surface area contributed by atoms with E-state index in [0.29, 0.717) is 48.8 Å². The summed E-state index contributed by atoms with van der Waals surface area (Å²) >= 11 is 0. The molecule has 1 spiro atoms. The molecule has 4 aromatic rings. The molecule has 2 atom stereocenters. The van der Waals surface area contributed by atoms with Gasteiger partial charge in [0.2, 0.25) is 5.88 Å². The number of aromatic nitrogens is 4. The number of methoxy groups -OCH3 is 1. The van der Waals surface area contributed by atoms with Crippen LogP contribution in [0.3, 0.4) is 0 Å². The fraction of sp³-hybridized carbons (Fsp3) is 0.486. The van der Waals surface area contributed by atoms with Gasteiger partial charge in [0.15, 0.2) is 5.79 Å². The van der Waals surface area contributed by atoms with Gasteiger partial charge in [-0.15, -0.1) is 0 Å². The van der Waals surface area contributed by atoms with E-state index in [-0.39, 0.29) is 11.9 Å². The molecule has 2 unspecified atom stereocenters. The quantitative estimate of drug-likeness (QED) is 0.263. The van der Waals surface area contributed by atoms with Crippen molar-refractivity contribution in [2.75, 3.05) is 64.6 Å². The predicted molar refractivity (Wildman–Crippen MR) is 173 cm³/mol. The fourth-order valence-corrected chi connectivity index (χ4v) is 7.68. The lowest BCUT2D eigenvalue weighted by molar-refractivity contribution is -0.185. The number of hydrogen-bond donors (Lipinski definition) is 0. The predicted octanol–water partition coefficient (Wildman–Crippen LogP) is 4.18. The maximum Gasteiger partial charge on any atom is 0.213 e. The number of nitrogens with zero attached hydrogens (tertiary/aromatic N) is 7. The zero-order valence-corrected chi connectivity index (χ0v) is 26.6. The van der Waals surface area contributed by atoms with Crippen molar-refractivity contribution in [2.24, 2.45) is 11.8 Å². The fourth-order valence-electron chi connectivity index (χ4n) is 7.68. The maximum absolute atomic E-state index is 9.82. The van der Waals surface area contributed by atoms with E-state index >= 15 is 0 Å². The lowest BCUT2D eigenvalue weighted by Gasteiger charge is -2.37. The smallest absolute Gasteiger partial charge is 0.213 e. The molecule has 4 aromatic heterocycles. The normalized spacial score (nSPS) is 23.7. The molecule has 4 aliphatic rings. The molecule has 7 heterocycles. The highest BCUT2D eigenvalue weighted by atomic mass is 16.7. The van der Waals surface area contributed by atoms with Gasteiger partial charge < -0.3 is 28.6 Å². The lowest BCUT2D eigenvalue weighted by Crippen LogP contribution is -2.46. The van der Waals surface area contributed by atoms with E-state index in [1.54, 1.807) is 24.0 Å². The van der Waals surface area contributed by atoms with Gasteiger partial charge in [0.1, 0.15) is 30.0 Å². The number of ether oxygens (including phenoxy) is 5. The van der Waals surface area contributed by atoms with Gasteiger partial charge in [0.05, 0.1) is 56.1 Å². The Kier molecular flexibility index (Phi) is 8.05. The molecule has 0 bridgehead atoms. The zero-order chi connectivity index (χ0) is 31.8. The molecule has 1 aliphatic carbocycles. The van der Waals surface area contributed by atoms with E-state index in [4.69, 9.17) is 28.7 Å². The van der Waals surface area contributed by atoms with Gasteiger partial charge in [0.25, 0.3) is 0 Å². The Morgan fingerprint density at radius 2 is 1.79 bits per heavy atom. The van der Waals surface area contributed by atoms with Crippen molar-refractivity contribution >= 4 is 11.3 Å². The van der Waals surface area contributed by atoms with Crippen molar-refractivity contribution < 1.29 is 23.7 Å². The first-order valence-electron chi connectivity index (χ1n) is 16.5. The van der Waals surface area contributed by atoms with Crippen LogP contribution in [0.1, 0.15) is 31.2 Å². The molecular formula is C35H39N7O5. The largest absolute Gasteiger partial charge is 0.491 e. The average Bonchev–Trinajstić information content (AvgIpc) is 3.90. The molecule has 0 aromatic carbocycles. The van der Waals surface area contributed by atoms with Crippen molar-refractivity contribution in [1.29, 1.82) is 5.26 Å². The van der Waals surface area contributed by atoms with Crippen LogP contribution in [-0.2, 0) is 9.47 Å². The van der Waals surface area contributed by atoms with Crippen molar-refractivity contribution in [3.8, 4) is 34.6 Å². The minimum Gasteiger partial charge on any atom is -0.491 e. The van der Waals surface area contributed by atoms with Gasteiger partial charge in [-0.2, -0.15) is 10.4 Å². The number of nitriles is 1. The highest BCUT2D eigenvalue weighted by molar-refractivity contribution is 5.85. The summed E-state index contributed by atoms with van der Waals surface area (Å²) in [6, 6.07) is 12.2. The third-order valence-electron chi connectivity index (χ3n) is 10.1. The third-order valence-corrected chi connectivity index (χ3v) is 10.1. The number of hydrogen-bond acceptors (Lipinski definition) is 11. The van der Waals surface area contributed by atoms with Gasteiger partial charge in [-0.25, -0.2) is 14.5 Å². The van der Waals surface area contributed by atoms with Gasteiger partial charge in [0, 0.05) is 69.0 Å². The Hall–Kier alpha value is -4.44. The second-order valence-corrected chi connectivity index (χ2v) is 12.9. The molecule has 244 valence electrons. The first-order chi connectivity index (χ1) is 23.1. The number of piperidine rings is 1. The SMILES string of the molecule is COc1ccc(OC2CC3CN(c4ccc(-c5cc(OCCN6CCC7(CC6)OCCO7)cn6ncc(C#N)c56)cn4)CC3C2)cn1. The van der Waals surface area contributed by atoms with Crippen molar-refractivity contribution in [3.63, 3.8) is 0 Å². The van der Waals surface area contributed by atoms with Crippen LogP contribution in [0.25, 0.3) is 16.6 Å². The number of fused-ring (bicyclic) bond motifs is 2. The second kappa shape index (κ2) is 12.6. The molecule has 0 amide bonds. The van der Waals surface area contributed by atoms with Crippen molar-refractivity contribution in [3.05, 3.63) is 60.7 Å². The van der Waals surface area contributed by atoms with E-state index in [0.717, 1.165) is 86.6 Å². The highest BCUT2D eigenvalue weighted by Gasteiger charge is 2.42. The first-order valence-corrected chi connectivity index (χ1v) is 16.5. The lowest BCUT2D eigenvalue weighted by atomic mass is 10.0. The number of rotatable bonds is 9. The number of anilines is 1. The first kappa shape index (κ1) is 29.9. The van der Waals surface area contributed by atoms with Crippen molar-refractivity contribution in [2.45, 2.75) is 37.6 Å². The standard InChI is InChI=1S/C35H39N7O5/c1-43-33-5-3-28(20-38-33)47-29-14-25-21-41(22-26(25)15-29)32-4-2-24(18-37-32)31-16-30(23-42-34(31)27(17-36)19-39-42)44-11-10-40-8-6-35(7-9-40)45-12-13-46-35/h2-5,16,18-20,23,25-26,29H,6-15,21-22H2,1H3. The molecule has 0 N–H and O–H groups in total. The van der Waals surface area contributed by atoms with Crippen LogP contribution in [0, 0.1) is 23.2 Å². The zero-order valence-electron chi connectivity index (χ0n) is 26.6. The summed E-state index contributed by atoms with van der Waals surface area (Å²) in [5.74, 6) is 3.81. The topological polar surface area (TPSA) is 120 Å². The summed E-state index contributed by atoms with van der Waals surface area (Å²) in [6.45, 7) is 6.50. The summed E-state index contributed by atoms with van der Waals surface area (Å²) in [6.07, 6.45) is 11.1. The Morgan fingerprint density at radius 3 is 2.47 bits per heavy atom. The molecule has 0 radical (unpaired) electrons. The molecule has 12 heteroatoms. The third kappa shape index (κ3) is 6.06. The van der Waals surface area contributed by atoms with Gasteiger partial charge in [-0.3, -0.25) is 4.90 Å². The van der Waals surface area contributed by atoms with E-state index < -0.39 is 0 Å². The minimum absolute atomic E-state index is 0.202. The van der Waals surface area contributed by atoms with E-state index in [1.165, 1.54) is 0 Å². The van der Waals surface area contributed by atoms with E-state index in [1.807, 2.05) is 30.6 Å². The molecule has 47 heavy (non-hydrogen) atoms. The van der Waals surface area contributed by atoms with E-state index in [2.05, 4.69) is 38.1 Å². The minimum atomic E-state index is -0.373. The summed E-state index contributed by atoms with van der Waals surface area (Å²) in [4.78, 5) is 13.9.